The van der Waals surface area contributed by atoms with Crippen LogP contribution in [0.25, 0.3) is 0 Å². The van der Waals surface area contributed by atoms with E-state index in [9.17, 15) is 14.0 Å². The summed E-state index contributed by atoms with van der Waals surface area (Å²) in [6, 6.07) is 14.1. The lowest BCUT2D eigenvalue weighted by Crippen LogP contribution is -2.40. The highest BCUT2D eigenvalue weighted by molar-refractivity contribution is 5.78. The van der Waals surface area contributed by atoms with Gasteiger partial charge in [0.15, 0.2) is 0 Å². The first-order valence-corrected chi connectivity index (χ1v) is 11.2. The van der Waals surface area contributed by atoms with E-state index in [-0.39, 0.29) is 23.8 Å². The summed E-state index contributed by atoms with van der Waals surface area (Å²) in [7, 11) is 0. The number of hydrogen-bond donors (Lipinski definition) is 2. The highest BCUT2D eigenvalue weighted by Gasteiger charge is 2.27. The Kier molecular flexibility index (Phi) is 6.85. The van der Waals surface area contributed by atoms with Crippen LogP contribution in [0.3, 0.4) is 0 Å². The fourth-order valence-corrected chi connectivity index (χ4v) is 4.74. The van der Waals surface area contributed by atoms with Crippen LogP contribution in [0.5, 0.6) is 0 Å². The molecular weight excluding hydrogens is 393 g/mol. The third-order valence-electron chi connectivity index (χ3n) is 6.38. The van der Waals surface area contributed by atoms with Crippen molar-refractivity contribution in [3.05, 3.63) is 71.0 Å². The topological polar surface area (TPSA) is 61.4 Å². The number of benzene rings is 2. The van der Waals surface area contributed by atoms with Crippen LogP contribution in [0, 0.1) is 11.7 Å². The van der Waals surface area contributed by atoms with E-state index in [1.54, 1.807) is 12.1 Å². The molecule has 2 fully saturated rings. The van der Waals surface area contributed by atoms with Gasteiger partial charge in [-0.1, -0.05) is 49.2 Å². The molecule has 1 aliphatic carbocycles. The number of hydrogen-bond acceptors (Lipinski definition) is 2. The normalized spacial score (nSPS) is 17.7. The Balaban J connectivity index is 1.35. The molecule has 1 unspecified atom stereocenters. The maximum Gasteiger partial charge on any atom is 0.315 e. The highest BCUT2D eigenvalue weighted by atomic mass is 19.1. The number of nitrogens with zero attached hydrogens (tertiary/aromatic N) is 1. The van der Waals surface area contributed by atoms with Crippen molar-refractivity contribution in [1.82, 2.24) is 15.5 Å². The number of halogens is 1. The van der Waals surface area contributed by atoms with Crippen molar-refractivity contribution in [1.29, 1.82) is 0 Å². The van der Waals surface area contributed by atoms with Gasteiger partial charge in [-0.15, -0.1) is 0 Å². The third kappa shape index (κ3) is 5.63. The number of carbonyl (C=O) groups excluding carboxylic acids is 2. The van der Waals surface area contributed by atoms with E-state index in [0.717, 1.165) is 55.3 Å². The van der Waals surface area contributed by atoms with Crippen molar-refractivity contribution in [3.8, 4) is 0 Å². The molecule has 1 heterocycles. The molecule has 2 N–H and O–H groups in total. The van der Waals surface area contributed by atoms with E-state index in [2.05, 4.69) is 10.6 Å². The second-order valence-electron chi connectivity index (χ2n) is 8.64. The van der Waals surface area contributed by atoms with E-state index in [4.69, 9.17) is 0 Å². The first-order valence-electron chi connectivity index (χ1n) is 11.2. The molecule has 1 saturated heterocycles. The SMILES string of the molecule is O=C(NCc1cccc(CN2CCCC2=O)c1)NC(c1ccc(F)cc1)C1CCCC1. The van der Waals surface area contributed by atoms with E-state index >= 15 is 0 Å². The molecule has 3 amide bonds. The molecule has 2 aromatic carbocycles. The van der Waals surface area contributed by atoms with Gasteiger partial charge in [0.05, 0.1) is 6.04 Å². The Labute approximate surface area is 183 Å². The van der Waals surface area contributed by atoms with Gasteiger partial charge in [-0.25, -0.2) is 9.18 Å². The fourth-order valence-electron chi connectivity index (χ4n) is 4.74. The summed E-state index contributed by atoms with van der Waals surface area (Å²) in [6.07, 6.45) is 6.03. The number of nitrogens with one attached hydrogen (secondary N) is 2. The molecule has 2 aromatic rings. The van der Waals surface area contributed by atoms with Crippen molar-refractivity contribution >= 4 is 11.9 Å². The van der Waals surface area contributed by atoms with Gasteiger partial charge in [-0.3, -0.25) is 4.79 Å². The van der Waals surface area contributed by atoms with Crippen molar-refractivity contribution in [2.75, 3.05) is 6.54 Å². The second kappa shape index (κ2) is 9.94. The van der Waals surface area contributed by atoms with Crippen molar-refractivity contribution in [2.45, 2.75) is 57.7 Å². The largest absolute Gasteiger partial charge is 0.338 e. The lowest BCUT2D eigenvalue weighted by atomic mass is 9.91. The molecule has 6 heteroatoms. The highest BCUT2D eigenvalue weighted by Crippen LogP contribution is 2.35. The van der Waals surface area contributed by atoms with E-state index < -0.39 is 0 Å². The van der Waals surface area contributed by atoms with Crippen LogP contribution < -0.4 is 10.6 Å². The molecule has 4 rings (SSSR count). The molecule has 1 saturated carbocycles. The predicted octanol–water partition coefficient (Wildman–Crippen LogP) is 4.68. The second-order valence-corrected chi connectivity index (χ2v) is 8.64. The lowest BCUT2D eigenvalue weighted by molar-refractivity contribution is -0.128. The smallest absolute Gasteiger partial charge is 0.315 e. The first-order chi connectivity index (χ1) is 15.1. The minimum absolute atomic E-state index is 0.115. The van der Waals surface area contributed by atoms with E-state index in [1.165, 1.54) is 12.1 Å². The Morgan fingerprint density at radius 3 is 2.52 bits per heavy atom. The molecular formula is C25H30FN3O2. The summed E-state index contributed by atoms with van der Waals surface area (Å²) in [5, 5.41) is 6.08. The van der Waals surface area contributed by atoms with Gasteiger partial charge in [0.1, 0.15) is 5.82 Å². The number of rotatable bonds is 7. The van der Waals surface area contributed by atoms with Gasteiger partial charge in [0.2, 0.25) is 5.91 Å². The van der Waals surface area contributed by atoms with Crippen LogP contribution in [-0.2, 0) is 17.9 Å². The first kappa shape index (κ1) is 21.3. The number of carbonyl (C=O) groups is 2. The van der Waals surface area contributed by atoms with Gasteiger partial charge in [-0.05, 0) is 54.0 Å². The molecule has 0 radical (unpaired) electrons. The van der Waals surface area contributed by atoms with Crippen LogP contribution in [-0.4, -0.2) is 23.4 Å². The van der Waals surface area contributed by atoms with Crippen molar-refractivity contribution in [3.63, 3.8) is 0 Å². The average Bonchev–Trinajstić information content (AvgIpc) is 3.44. The minimum Gasteiger partial charge on any atom is -0.338 e. The summed E-state index contributed by atoms with van der Waals surface area (Å²) < 4.78 is 13.4. The Morgan fingerprint density at radius 2 is 1.81 bits per heavy atom. The summed E-state index contributed by atoms with van der Waals surface area (Å²) in [4.78, 5) is 26.4. The zero-order valence-corrected chi connectivity index (χ0v) is 17.8. The summed E-state index contributed by atoms with van der Waals surface area (Å²) >= 11 is 0. The van der Waals surface area contributed by atoms with Crippen molar-refractivity contribution < 1.29 is 14.0 Å². The maximum absolute atomic E-state index is 13.4. The van der Waals surface area contributed by atoms with Gasteiger partial charge >= 0.3 is 6.03 Å². The molecule has 1 atom stereocenters. The Bertz CT molecular complexity index is 909. The lowest BCUT2D eigenvalue weighted by Gasteiger charge is -2.25. The quantitative estimate of drug-likeness (QED) is 0.679. The van der Waals surface area contributed by atoms with Crippen LogP contribution in [0.4, 0.5) is 9.18 Å². The molecule has 0 bridgehead atoms. The zero-order chi connectivity index (χ0) is 21.6. The van der Waals surface area contributed by atoms with Crippen LogP contribution in [0.15, 0.2) is 48.5 Å². The van der Waals surface area contributed by atoms with Gasteiger partial charge in [0, 0.05) is 26.1 Å². The van der Waals surface area contributed by atoms with Gasteiger partial charge in [-0.2, -0.15) is 0 Å². The van der Waals surface area contributed by atoms with Gasteiger partial charge < -0.3 is 15.5 Å². The standard InChI is InChI=1S/C25H30FN3O2/c26-22-12-10-21(11-13-22)24(20-7-1-2-8-20)28-25(31)27-16-18-5-3-6-19(15-18)17-29-14-4-9-23(29)30/h3,5-6,10-13,15,20,24H,1-2,4,7-9,14,16-17H2,(H2,27,28,31). The molecule has 31 heavy (non-hydrogen) atoms. The summed E-state index contributed by atoms with van der Waals surface area (Å²) in [5.74, 6) is 0.313. The molecule has 2 aliphatic rings. The number of likely N-dealkylation sites (tertiary alicyclic amines) is 1. The molecule has 1 aliphatic heterocycles. The zero-order valence-electron chi connectivity index (χ0n) is 17.8. The summed E-state index contributed by atoms with van der Waals surface area (Å²) in [6.45, 7) is 1.84. The fraction of sp³-hybridized carbons (Fsp3) is 0.440. The number of urea groups is 1. The Hall–Kier alpha value is -2.89. The average molecular weight is 424 g/mol. The van der Waals surface area contributed by atoms with Crippen molar-refractivity contribution in [2.24, 2.45) is 5.92 Å². The monoisotopic (exact) mass is 423 g/mol. The third-order valence-corrected chi connectivity index (χ3v) is 6.38. The van der Waals surface area contributed by atoms with E-state index in [1.807, 2.05) is 29.2 Å². The van der Waals surface area contributed by atoms with Crippen LogP contribution in [0.1, 0.15) is 61.3 Å². The molecule has 164 valence electrons. The maximum atomic E-state index is 13.4. The minimum atomic E-state index is -0.270. The van der Waals surface area contributed by atoms with E-state index in [0.29, 0.717) is 25.4 Å². The molecule has 0 spiro atoms. The Morgan fingerprint density at radius 1 is 1.06 bits per heavy atom. The van der Waals surface area contributed by atoms with Gasteiger partial charge in [0.25, 0.3) is 0 Å². The summed E-state index contributed by atoms with van der Waals surface area (Å²) in [5.41, 5.74) is 3.02. The number of amides is 3. The molecule has 5 nitrogen and oxygen atoms in total. The predicted molar refractivity (Wildman–Crippen MR) is 118 cm³/mol. The van der Waals surface area contributed by atoms with Crippen LogP contribution in [0.2, 0.25) is 0 Å². The van der Waals surface area contributed by atoms with Crippen LogP contribution >= 0.6 is 0 Å². The molecule has 0 aromatic heterocycles.